The molecule has 5 rings (SSSR count). The van der Waals surface area contributed by atoms with Crippen LogP contribution in [0.5, 0.6) is 0 Å². The minimum Gasteiger partial charge on any atom is -0.347 e. The molecule has 2 aliphatic rings. The summed E-state index contributed by atoms with van der Waals surface area (Å²) in [5, 5.41) is 16.5. The van der Waals surface area contributed by atoms with Gasteiger partial charge < -0.3 is 9.88 Å². The molecule has 2 N–H and O–H groups in total. The minimum atomic E-state index is -4.59. The highest BCUT2D eigenvalue weighted by Gasteiger charge is 2.36. The Morgan fingerprint density at radius 2 is 1.95 bits per heavy atom. The van der Waals surface area contributed by atoms with E-state index in [0.29, 0.717) is 37.6 Å². The van der Waals surface area contributed by atoms with Gasteiger partial charge in [0.15, 0.2) is 0 Å². The topological polar surface area (TPSA) is 105 Å². The van der Waals surface area contributed by atoms with Gasteiger partial charge in [-0.2, -0.15) is 13.2 Å². The van der Waals surface area contributed by atoms with Gasteiger partial charge >= 0.3 is 6.18 Å². The standard InChI is InChI=1S/C26H31F5N8O/c27-25(28)11-5-12-38(16-25)13-10-18(14-22-34-36-37-35-22)32-24(40)20-15-39(23(33-20)17-6-1-2-7-17)21-9-4-3-8-19(21)26(29,30)31/h3-4,8-9,15,17-18H,1-2,5-7,10-14,16H2,(H,32,40)(H,34,35,36,37)/t18-/m0/s1. The van der Waals surface area contributed by atoms with E-state index in [9.17, 15) is 26.7 Å². The summed E-state index contributed by atoms with van der Waals surface area (Å²) >= 11 is 0. The molecule has 1 aliphatic carbocycles. The maximum Gasteiger partial charge on any atom is 0.418 e. The lowest BCUT2D eigenvalue weighted by atomic mass is 10.0. The summed E-state index contributed by atoms with van der Waals surface area (Å²) in [7, 11) is 0. The van der Waals surface area contributed by atoms with E-state index in [-0.39, 0.29) is 36.7 Å². The summed E-state index contributed by atoms with van der Waals surface area (Å²) in [5.41, 5.74) is -0.907. The van der Waals surface area contributed by atoms with Crippen LogP contribution in [0.2, 0.25) is 0 Å². The molecule has 0 unspecified atom stereocenters. The highest BCUT2D eigenvalue weighted by molar-refractivity contribution is 5.92. The van der Waals surface area contributed by atoms with Crippen LogP contribution in [0.3, 0.4) is 0 Å². The monoisotopic (exact) mass is 566 g/mol. The molecule has 3 aromatic rings. The number of nitrogens with zero attached hydrogens (tertiary/aromatic N) is 6. The zero-order valence-electron chi connectivity index (χ0n) is 21.8. The fraction of sp³-hybridized carbons (Fsp3) is 0.577. The van der Waals surface area contributed by atoms with Crippen molar-refractivity contribution >= 4 is 5.91 Å². The Bertz CT molecular complexity index is 1290. The highest BCUT2D eigenvalue weighted by atomic mass is 19.4. The number of amides is 1. The number of imidazole rings is 1. The van der Waals surface area contributed by atoms with Gasteiger partial charge in [-0.05, 0) is 54.8 Å². The highest BCUT2D eigenvalue weighted by Crippen LogP contribution is 2.38. The average Bonchev–Trinajstić information content (AvgIpc) is 3.68. The quantitative estimate of drug-likeness (QED) is 0.369. The van der Waals surface area contributed by atoms with E-state index >= 15 is 0 Å². The van der Waals surface area contributed by atoms with Crippen molar-refractivity contribution in [2.45, 2.75) is 75.4 Å². The van der Waals surface area contributed by atoms with Crippen molar-refractivity contribution in [3.05, 3.63) is 53.4 Å². The van der Waals surface area contributed by atoms with Gasteiger partial charge in [0, 0.05) is 37.5 Å². The molecule has 3 heterocycles. The maximum absolute atomic E-state index is 13.9. The Hall–Kier alpha value is -3.42. The number of hydrogen-bond acceptors (Lipinski definition) is 6. The number of tetrazole rings is 1. The number of halogens is 5. The fourth-order valence-corrected chi connectivity index (χ4v) is 5.65. The molecule has 1 atom stereocenters. The molecule has 1 saturated heterocycles. The fourth-order valence-electron chi connectivity index (χ4n) is 5.65. The lowest BCUT2D eigenvalue weighted by Crippen LogP contribution is -2.45. The van der Waals surface area contributed by atoms with Crippen LogP contribution >= 0.6 is 0 Å². The third-order valence-corrected chi connectivity index (χ3v) is 7.58. The lowest BCUT2D eigenvalue weighted by Gasteiger charge is -2.33. The molecule has 2 fully saturated rings. The van der Waals surface area contributed by atoms with Crippen LogP contribution in [0.4, 0.5) is 22.0 Å². The number of benzene rings is 1. The first-order chi connectivity index (χ1) is 19.1. The summed E-state index contributed by atoms with van der Waals surface area (Å²) in [6, 6.07) is 4.71. The predicted octanol–water partition coefficient (Wildman–Crippen LogP) is 4.52. The van der Waals surface area contributed by atoms with Gasteiger partial charge in [-0.1, -0.05) is 25.0 Å². The molecular weight excluding hydrogens is 535 g/mol. The van der Waals surface area contributed by atoms with Gasteiger partial charge in [-0.25, -0.2) is 18.9 Å². The van der Waals surface area contributed by atoms with Crippen LogP contribution in [0.15, 0.2) is 30.5 Å². The first-order valence-electron chi connectivity index (χ1n) is 13.5. The first kappa shape index (κ1) is 28.1. The van der Waals surface area contributed by atoms with Gasteiger partial charge in [-0.3, -0.25) is 9.69 Å². The molecule has 1 saturated carbocycles. The number of rotatable bonds is 9. The predicted molar refractivity (Wildman–Crippen MR) is 134 cm³/mol. The van der Waals surface area contributed by atoms with Gasteiger partial charge in [0.1, 0.15) is 17.3 Å². The average molecular weight is 567 g/mol. The van der Waals surface area contributed by atoms with Crippen LogP contribution in [-0.4, -0.2) is 72.6 Å². The second kappa shape index (κ2) is 11.6. The summed E-state index contributed by atoms with van der Waals surface area (Å²) in [4.78, 5) is 19.6. The number of piperidine rings is 1. The third kappa shape index (κ3) is 6.65. The maximum atomic E-state index is 13.9. The number of aromatic nitrogens is 6. The number of hydrogen-bond donors (Lipinski definition) is 2. The molecule has 1 aromatic carbocycles. The lowest BCUT2D eigenvalue weighted by molar-refractivity contribution is -0.137. The zero-order valence-corrected chi connectivity index (χ0v) is 21.8. The number of aromatic amines is 1. The number of carbonyl (C=O) groups is 1. The molecule has 1 aliphatic heterocycles. The minimum absolute atomic E-state index is 0.0101. The van der Waals surface area contributed by atoms with E-state index in [1.807, 2.05) is 0 Å². The Labute approximate surface area is 227 Å². The Morgan fingerprint density at radius 3 is 2.65 bits per heavy atom. The first-order valence-corrected chi connectivity index (χ1v) is 13.5. The molecule has 216 valence electrons. The van der Waals surface area contributed by atoms with Crippen LogP contribution in [-0.2, 0) is 12.6 Å². The SMILES string of the molecule is O=C(N[C@@H](CCN1CCCC(F)(F)C1)Cc1nnn[nH]1)c1cn(-c2ccccc2C(F)(F)F)c(C2CCCC2)n1. The van der Waals surface area contributed by atoms with Gasteiger partial charge in [0.05, 0.1) is 17.8 Å². The number of nitrogens with one attached hydrogen (secondary N) is 2. The molecule has 1 amide bonds. The molecule has 0 spiro atoms. The largest absolute Gasteiger partial charge is 0.418 e. The molecule has 40 heavy (non-hydrogen) atoms. The van der Waals surface area contributed by atoms with Crippen molar-refractivity contribution in [3.63, 3.8) is 0 Å². The normalized spacial score (nSPS) is 19.1. The molecule has 2 aromatic heterocycles. The molecule has 9 nitrogen and oxygen atoms in total. The zero-order chi connectivity index (χ0) is 28.3. The van der Waals surface area contributed by atoms with E-state index in [0.717, 1.165) is 31.7 Å². The van der Waals surface area contributed by atoms with Crippen molar-refractivity contribution < 1.29 is 26.7 Å². The van der Waals surface area contributed by atoms with Crippen molar-refractivity contribution in [3.8, 4) is 5.69 Å². The van der Waals surface area contributed by atoms with Gasteiger partial charge in [-0.15, -0.1) is 5.10 Å². The number of H-pyrrole nitrogens is 1. The Balaban J connectivity index is 1.39. The Morgan fingerprint density at radius 1 is 1.18 bits per heavy atom. The van der Waals surface area contributed by atoms with Crippen molar-refractivity contribution in [2.75, 3.05) is 19.6 Å². The van der Waals surface area contributed by atoms with Crippen molar-refractivity contribution in [2.24, 2.45) is 0 Å². The van der Waals surface area contributed by atoms with E-state index in [2.05, 4.69) is 30.9 Å². The molecule has 0 radical (unpaired) electrons. The van der Waals surface area contributed by atoms with E-state index < -0.39 is 29.6 Å². The van der Waals surface area contributed by atoms with Crippen LogP contribution in [0.1, 0.15) is 78.6 Å². The van der Waals surface area contributed by atoms with Crippen molar-refractivity contribution in [1.82, 2.24) is 40.4 Å². The summed E-state index contributed by atoms with van der Waals surface area (Å²) < 4.78 is 70.8. The Kier molecular flexibility index (Phi) is 8.15. The smallest absolute Gasteiger partial charge is 0.347 e. The summed E-state index contributed by atoms with van der Waals surface area (Å²) in [5.74, 6) is -2.55. The van der Waals surface area contributed by atoms with E-state index in [1.54, 1.807) is 4.90 Å². The molecule has 14 heteroatoms. The molecular formula is C26H31F5N8O. The van der Waals surface area contributed by atoms with Crippen LogP contribution < -0.4 is 5.32 Å². The molecule has 0 bridgehead atoms. The van der Waals surface area contributed by atoms with Gasteiger partial charge in [0.2, 0.25) is 0 Å². The second-order valence-electron chi connectivity index (χ2n) is 10.6. The van der Waals surface area contributed by atoms with Crippen molar-refractivity contribution in [1.29, 1.82) is 0 Å². The van der Waals surface area contributed by atoms with E-state index in [4.69, 9.17) is 0 Å². The van der Waals surface area contributed by atoms with E-state index in [1.165, 1.54) is 29.0 Å². The summed E-state index contributed by atoms with van der Waals surface area (Å²) in [6.45, 7) is 0.516. The third-order valence-electron chi connectivity index (χ3n) is 7.58. The number of likely N-dealkylation sites (tertiary alicyclic amines) is 1. The number of carbonyl (C=O) groups excluding carboxylic acids is 1. The van der Waals surface area contributed by atoms with Crippen LogP contribution in [0.25, 0.3) is 5.69 Å². The second-order valence-corrected chi connectivity index (χ2v) is 10.6. The summed E-state index contributed by atoms with van der Waals surface area (Å²) in [6.07, 6.45) is 0.982. The van der Waals surface area contributed by atoms with Crippen LogP contribution in [0, 0.1) is 0 Å². The number of para-hydroxylation sites is 1. The number of alkyl halides is 5. The van der Waals surface area contributed by atoms with Gasteiger partial charge in [0.25, 0.3) is 11.8 Å².